The summed E-state index contributed by atoms with van der Waals surface area (Å²) in [5.74, 6) is 0.305. The van der Waals surface area contributed by atoms with Crippen molar-refractivity contribution in [3.05, 3.63) is 81.6 Å². The molecule has 0 spiro atoms. The molecule has 150 valence electrons. The molecule has 1 amide bonds. The third-order valence-electron chi connectivity index (χ3n) is 4.75. The van der Waals surface area contributed by atoms with E-state index in [4.69, 9.17) is 0 Å². The van der Waals surface area contributed by atoms with Gasteiger partial charge in [-0.05, 0) is 76.7 Å². The second kappa shape index (κ2) is 8.30. The summed E-state index contributed by atoms with van der Waals surface area (Å²) in [6, 6.07) is 19.7. The van der Waals surface area contributed by atoms with E-state index in [2.05, 4.69) is 26.0 Å². The molecule has 0 saturated heterocycles. The lowest BCUT2D eigenvalue weighted by Gasteiger charge is -2.19. The predicted molar refractivity (Wildman–Crippen MR) is 119 cm³/mol. The van der Waals surface area contributed by atoms with Gasteiger partial charge in [0.2, 0.25) is 0 Å². The molecule has 3 aromatic rings. The minimum atomic E-state index is -3.65. The van der Waals surface area contributed by atoms with Gasteiger partial charge in [-0.1, -0.05) is 30.3 Å². The Labute approximate surface area is 182 Å². The second-order valence-corrected chi connectivity index (χ2v) is 11.3. The van der Waals surface area contributed by atoms with Gasteiger partial charge in [0, 0.05) is 11.3 Å². The maximum Gasteiger partial charge on any atom is 0.271 e. The van der Waals surface area contributed by atoms with Gasteiger partial charge < -0.3 is 5.32 Å². The maximum absolute atomic E-state index is 12.7. The summed E-state index contributed by atoms with van der Waals surface area (Å²) in [6.07, 6.45) is 2.22. The molecule has 1 fully saturated rings. The summed E-state index contributed by atoms with van der Waals surface area (Å²) in [4.78, 5) is 12.7. The molecule has 4 rings (SSSR count). The Morgan fingerprint density at radius 1 is 1.00 bits per heavy atom. The van der Waals surface area contributed by atoms with E-state index < -0.39 is 10.0 Å². The average molecular weight is 491 g/mol. The smallest absolute Gasteiger partial charge is 0.271 e. The number of halogens is 1. The van der Waals surface area contributed by atoms with Crippen LogP contribution in [0.5, 0.6) is 0 Å². The van der Waals surface area contributed by atoms with Gasteiger partial charge >= 0.3 is 0 Å². The molecule has 8 heteroatoms. The van der Waals surface area contributed by atoms with Crippen LogP contribution < -0.4 is 10.0 Å². The normalized spacial score (nSPS) is 14.9. The van der Waals surface area contributed by atoms with Crippen LogP contribution in [0.1, 0.15) is 34.8 Å². The molecule has 2 aromatic carbocycles. The molecule has 1 aromatic heterocycles. The Bertz CT molecular complexity index is 1110. The van der Waals surface area contributed by atoms with Crippen LogP contribution in [0.2, 0.25) is 0 Å². The van der Waals surface area contributed by atoms with Crippen molar-refractivity contribution in [1.29, 1.82) is 0 Å². The van der Waals surface area contributed by atoms with Gasteiger partial charge in [-0.15, -0.1) is 11.3 Å². The zero-order valence-corrected chi connectivity index (χ0v) is 18.6. The van der Waals surface area contributed by atoms with Crippen LogP contribution in [0.4, 0.5) is 5.69 Å². The summed E-state index contributed by atoms with van der Waals surface area (Å²) in [5.41, 5.74) is 2.01. The first-order valence-electron chi connectivity index (χ1n) is 9.16. The molecule has 5 nitrogen and oxygen atoms in total. The summed E-state index contributed by atoms with van der Waals surface area (Å²) < 4.78 is 28.3. The number of amides is 1. The fraction of sp³-hybridized carbons (Fsp3) is 0.190. The molecule has 0 bridgehead atoms. The third-order valence-corrected chi connectivity index (χ3v) is 8.25. The first kappa shape index (κ1) is 20.1. The van der Waals surface area contributed by atoms with E-state index in [9.17, 15) is 13.2 Å². The van der Waals surface area contributed by atoms with Crippen LogP contribution in [-0.2, 0) is 10.0 Å². The summed E-state index contributed by atoms with van der Waals surface area (Å²) >= 11 is 4.41. The number of carbonyl (C=O) groups is 1. The van der Waals surface area contributed by atoms with Gasteiger partial charge in [0.05, 0.1) is 9.83 Å². The zero-order valence-electron chi connectivity index (χ0n) is 15.3. The lowest BCUT2D eigenvalue weighted by molar-refractivity contribution is 0.0931. The van der Waals surface area contributed by atoms with Crippen molar-refractivity contribution in [3.63, 3.8) is 0 Å². The van der Waals surface area contributed by atoms with Crippen molar-refractivity contribution in [2.24, 2.45) is 5.92 Å². The highest BCUT2D eigenvalue weighted by Gasteiger charge is 2.33. The topological polar surface area (TPSA) is 75.3 Å². The molecule has 0 radical (unpaired) electrons. The van der Waals surface area contributed by atoms with Crippen LogP contribution in [0.15, 0.2) is 74.7 Å². The first-order chi connectivity index (χ1) is 13.9. The first-order valence-corrected chi connectivity index (χ1v) is 12.3. The zero-order chi connectivity index (χ0) is 20.4. The minimum absolute atomic E-state index is 0.000783. The molecular formula is C21H19BrN2O3S2. The van der Waals surface area contributed by atoms with E-state index >= 15 is 0 Å². The summed E-state index contributed by atoms with van der Waals surface area (Å²) in [6.45, 7) is 0. The van der Waals surface area contributed by atoms with Crippen LogP contribution in [0, 0.1) is 5.92 Å². The molecule has 1 aliphatic carbocycles. The monoisotopic (exact) mass is 490 g/mol. The number of hydrogen-bond donors (Lipinski definition) is 2. The Balaban J connectivity index is 1.45. The Morgan fingerprint density at radius 2 is 1.69 bits per heavy atom. The standard InChI is InChI=1S/C21H19BrN2O3S2/c22-18-12-13-19(28-18)29(26,27)24-17-10-8-16(9-11-17)21(25)23-20(15-6-7-15)14-4-2-1-3-5-14/h1-5,8-13,15,20,24H,6-7H2,(H,23,25)/t20-/m1/s1. The van der Waals surface area contributed by atoms with Crippen LogP contribution in [0.3, 0.4) is 0 Å². The molecule has 29 heavy (non-hydrogen) atoms. The van der Waals surface area contributed by atoms with Crippen molar-refractivity contribution in [1.82, 2.24) is 5.32 Å². The molecule has 1 saturated carbocycles. The van der Waals surface area contributed by atoms with Gasteiger partial charge in [-0.3, -0.25) is 9.52 Å². The largest absolute Gasteiger partial charge is 0.345 e. The maximum atomic E-state index is 12.7. The van der Waals surface area contributed by atoms with E-state index in [1.807, 2.05) is 30.3 Å². The second-order valence-electron chi connectivity index (χ2n) is 6.94. The highest BCUT2D eigenvalue weighted by Crippen LogP contribution is 2.41. The molecular weight excluding hydrogens is 472 g/mol. The predicted octanol–water partition coefficient (Wildman–Crippen LogP) is 5.19. The number of carbonyl (C=O) groups excluding carboxylic acids is 1. The Hall–Kier alpha value is -2.16. The quantitative estimate of drug-likeness (QED) is 0.478. The summed E-state index contributed by atoms with van der Waals surface area (Å²) in [5, 5.41) is 3.13. The number of hydrogen-bond acceptors (Lipinski definition) is 4. The van der Waals surface area contributed by atoms with E-state index in [1.165, 1.54) is 0 Å². The SMILES string of the molecule is O=C(N[C@H](c1ccccc1)C1CC1)c1ccc(NS(=O)(=O)c2ccc(Br)s2)cc1. The van der Waals surface area contributed by atoms with Crippen molar-refractivity contribution in [3.8, 4) is 0 Å². The van der Waals surface area contributed by atoms with Crippen molar-refractivity contribution in [2.45, 2.75) is 23.1 Å². The van der Waals surface area contributed by atoms with Gasteiger partial charge in [-0.2, -0.15) is 0 Å². The third kappa shape index (κ3) is 4.88. The number of rotatable bonds is 7. The lowest BCUT2D eigenvalue weighted by atomic mass is 10.0. The van der Waals surface area contributed by atoms with Gasteiger partial charge in [-0.25, -0.2) is 8.42 Å². The van der Waals surface area contributed by atoms with Gasteiger partial charge in [0.1, 0.15) is 4.21 Å². The van der Waals surface area contributed by atoms with Crippen LogP contribution in [-0.4, -0.2) is 14.3 Å². The number of anilines is 1. The van der Waals surface area contributed by atoms with E-state index in [-0.39, 0.29) is 16.2 Å². The number of nitrogens with one attached hydrogen (secondary N) is 2. The van der Waals surface area contributed by atoms with Crippen molar-refractivity contribution < 1.29 is 13.2 Å². The van der Waals surface area contributed by atoms with Crippen molar-refractivity contribution >= 4 is 48.9 Å². The van der Waals surface area contributed by atoms with Gasteiger partial charge in [0.15, 0.2) is 0 Å². The lowest BCUT2D eigenvalue weighted by Crippen LogP contribution is -2.29. The van der Waals surface area contributed by atoms with Crippen LogP contribution >= 0.6 is 27.3 Å². The highest BCUT2D eigenvalue weighted by atomic mass is 79.9. The fourth-order valence-corrected chi connectivity index (χ4v) is 6.19. The Kier molecular flexibility index (Phi) is 5.76. The number of benzene rings is 2. The summed E-state index contributed by atoms with van der Waals surface area (Å²) in [7, 11) is -3.65. The Morgan fingerprint density at radius 3 is 2.28 bits per heavy atom. The fourth-order valence-electron chi connectivity index (χ4n) is 3.13. The molecule has 1 aliphatic rings. The molecule has 1 heterocycles. The van der Waals surface area contributed by atoms with E-state index in [0.717, 1.165) is 33.5 Å². The molecule has 2 N–H and O–H groups in total. The average Bonchev–Trinajstić information content (AvgIpc) is 3.46. The van der Waals surface area contributed by atoms with E-state index in [0.29, 0.717) is 17.2 Å². The van der Waals surface area contributed by atoms with Gasteiger partial charge in [0.25, 0.3) is 15.9 Å². The van der Waals surface area contributed by atoms with Crippen molar-refractivity contribution in [2.75, 3.05) is 4.72 Å². The highest BCUT2D eigenvalue weighted by molar-refractivity contribution is 9.11. The molecule has 0 unspecified atom stereocenters. The molecule has 1 atom stereocenters. The van der Waals surface area contributed by atoms with E-state index in [1.54, 1.807) is 36.4 Å². The number of thiophene rings is 1. The number of sulfonamides is 1. The molecule has 0 aliphatic heterocycles. The van der Waals surface area contributed by atoms with Crippen LogP contribution in [0.25, 0.3) is 0 Å². The minimum Gasteiger partial charge on any atom is -0.345 e.